The van der Waals surface area contributed by atoms with Gasteiger partial charge in [0, 0.05) is 5.56 Å². The zero-order valence-corrected chi connectivity index (χ0v) is 11.1. The van der Waals surface area contributed by atoms with Crippen molar-refractivity contribution in [3.8, 4) is 5.75 Å². The molecule has 6 heteroatoms. The van der Waals surface area contributed by atoms with Crippen LogP contribution in [0.25, 0.3) is 0 Å². The number of amidine groups is 1. The average Bonchev–Trinajstić information content (AvgIpc) is 2.33. The van der Waals surface area contributed by atoms with E-state index in [9.17, 15) is 0 Å². The number of hydrogen-bond donors (Lipinski definition) is 2. The fourth-order valence-electron chi connectivity index (χ4n) is 1.29. The maximum atomic E-state index is 8.56. The van der Waals surface area contributed by atoms with E-state index in [4.69, 9.17) is 32.0 Å². The molecule has 1 aromatic carbocycles. The van der Waals surface area contributed by atoms with Gasteiger partial charge < -0.3 is 20.4 Å². The second-order valence-electron chi connectivity index (χ2n) is 3.89. The summed E-state index contributed by atoms with van der Waals surface area (Å²) in [5.74, 6) is 0.580. The van der Waals surface area contributed by atoms with Crippen molar-refractivity contribution < 1.29 is 14.7 Å². The smallest absolute Gasteiger partial charge is 0.171 e. The zero-order valence-electron chi connectivity index (χ0n) is 10.4. The summed E-state index contributed by atoms with van der Waals surface area (Å²) < 4.78 is 10.8. The molecule has 0 aliphatic carbocycles. The van der Waals surface area contributed by atoms with E-state index in [1.165, 1.54) is 0 Å². The Morgan fingerprint density at radius 3 is 2.72 bits per heavy atom. The molecule has 0 aliphatic rings. The molecule has 3 N–H and O–H groups in total. The lowest BCUT2D eigenvalue weighted by Crippen LogP contribution is -2.14. The highest BCUT2D eigenvalue weighted by molar-refractivity contribution is 6.34. The van der Waals surface area contributed by atoms with Crippen LogP contribution in [0.5, 0.6) is 5.75 Å². The Bertz CT molecular complexity index is 422. The molecule has 0 amide bonds. The summed E-state index contributed by atoms with van der Waals surface area (Å²) in [6.07, 6.45) is 0.181. The minimum atomic E-state index is -0.0327. The van der Waals surface area contributed by atoms with Crippen LogP contribution in [-0.2, 0) is 4.74 Å². The lowest BCUT2D eigenvalue weighted by molar-refractivity contribution is 0.0553. The zero-order chi connectivity index (χ0) is 13.5. The molecule has 0 saturated heterocycles. The summed E-state index contributed by atoms with van der Waals surface area (Å²) in [6, 6.07) is 4.95. The van der Waals surface area contributed by atoms with Crippen LogP contribution < -0.4 is 10.5 Å². The first-order valence-electron chi connectivity index (χ1n) is 5.56. The lowest BCUT2D eigenvalue weighted by Gasteiger charge is -2.10. The fourth-order valence-corrected chi connectivity index (χ4v) is 1.56. The Hall–Kier alpha value is -1.46. The molecule has 0 saturated carbocycles. The third-order valence-electron chi connectivity index (χ3n) is 2.13. The summed E-state index contributed by atoms with van der Waals surface area (Å²) in [4.78, 5) is 0. The van der Waals surface area contributed by atoms with E-state index in [2.05, 4.69) is 5.16 Å². The molecule has 0 fully saturated rings. The van der Waals surface area contributed by atoms with Crippen molar-refractivity contribution in [1.82, 2.24) is 0 Å². The molecule has 100 valence electrons. The van der Waals surface area contributed by atoms with E-state index < -0.39 is 0 Å². The molecule has 18 heavy (non-hydrogen) atoms. The van der Waals surface area contributed by atoms with Crippen molar-refractivity contribution >= 4 is 17.4 Å². The molecule has 0 radical (unpaired) electrons. The summed E-state index contributed by atoms with van der Waals surface area (Å²) >= 11 is 5.98. The summed E-state index contributed by atoms with van der Waals surface area (Å²) in [5, 5.41) is 11.8. The van der Waals surface area contributed by atoms with Gasteiger partial charge in [0.25, 0.3) is 0 Å². The molecule has 5 nitrogen and oxygen atoms in total. The van der Waals surface area contributed by atoms with Gasteiger partial charge in [-0.05, 0) is 32.0 Å². The van der Waals surface area contributed by atoms with Crippen molar-refractivity contribution in [2.75, 3.05) is 13.2 Å². The molecular weight excluding hydrogens is 256 g/mol. The third kappa shape index (κ3) is 4.43. The van der Waals surface area contributed by atoms with Crippen LogP contribution in [0.15, 0.2) is 23.4 Å². The molecule has 1 rings (SSSR count). The van der Waals surface area contributed by atoms with Crippen molar-refractivity contribution in [2.45, 2.75) is 20.0 Å². The van der Waals surface area contributed by atoms with Crippen LogP contribution >= 0.6 is 11.6 Å². The van der Waals surface area contributed by atoms with Crippen molar-refractivity contribution in [2.24, 2.45) is 10.9 Å². The molecule has 0 spiro atoms. The monoisotopic (exact) mass is 272 g/mol. The van der Waals surface area contributed by atoms with Gasteiger partial charge in [0.1, 0.15) is 12.4 Å². The molecular formula is C12H17ClN2O3. The van der Waals surface area contributed by atoms with Gasteiger partial charge in [-0.1, -0.05) is 16.8 Å². The number of ether oxygens (including phenoxy) is 2. The number of halogens is 1. The minimum absolute atomic E-state index is 0.0327. The van der Waals surface area contributed by atoms with Gasteiger partial charge in [0.05, 0.1) is 17.7 Å². The Balaban J connectivity index is 2.57. The van der Waals surface area contributed by atoms with E-state index >= 15 is 0 Å². The molecule has 0 aromatic heterocycles. The van der Waals surface area contributed by atoms with Crippen LogP contribution in [-0.4, -0.2) is 30.4 Å². The van der Waals surface area contributed by atoms with Gasteiger partial charge in [0.15, 0.2) is 5.84 Å². The number of nitrogens with two attached hydrogens (primary N) is 1. The number of rotatable bonds is 6. The van der Waals surface area contributed by atoms with Crippen LogP contribution in [0.3, 0.4) is 0 Å². The molecule has 0 aliphatic heterocycles. The molecule has 0 heterocycles. The van der Waals surface area contributed by atoms with Gasteiger partial charge in [-0.3, -0.25) is 0 Å². The number of hydrogen-bond acceptors (Lipinski definition) is 4. The quantitative estimate of drug-likeness (QED) is 0.274. The number of oxime groups is 1. The second-order valence-corrected chi connectivity index (χ2v) is 4.30. The molecule has 0 bridgehead atoms. The predicted octanol–water partition coefficient (Wildman–Crippen LogP) is 2.24. The van der Waals surface area contributed by atoms with E-state index in [-0.39, 0.29) is 11.9 Å². The summed E-state index contributed by atoms with van der Waals surface area (Å²) in [7, 11) is 0. The number of nitrogens with zero attached hydrogens (tertiary/aromatic N) is 1. The van der Waals surface area contributed by atoms with Crippen molar-refractivity contribution in [3.63, 3.8) is 0 Å². The third-order valence-corrected chi connectivity index (χ3v) is 2.44. The van der Waals surface area contributed by atoms with Crippen LogP contribution in [0.2, 0.25) is 5.02 Å². The maximum absolute atomic E-state index is 8.56. The largest absolute Gasteiger partial charge is 0.491 e. The van der Waals surface area contributed by atoms with E-state index in [1.54, 1.807) is 18.2 Å². The van der Waals surface area contributed by atoms with Crippen LogP contribution in [0, 0.1) is 0 Å². The van der Waals surface area contributed by atoms with Crippen LogP contribution in [0.1, 0.15) is 19.4 Å². The maximum Gasteiger partial charge on any atom is 0.171 e. The molecule has 0 atom stereocenters. The van der Waals surface area contributed by atoms with E-state index in [0.717, 1.165) is 0 Å². The first kappa shape index (κ1) is 14.6. The van der Waals surface area contributed by atoms with E-state index in [0.29, 0.717) is 29.5 Å². The summed E-state index contributed by atoms with van der Waals surface area (Å²) in [5.41, 5.74) is 5.92. The first-order chi connectivity index (χ1) is 8.54. The van der Waals surface area contributed by atoms with Gasteiger partial charge in [-0.2, -0.15) is 0 Å². The van der Waals surface area contributed by atoms with E-state index in [1.807, 2.05) is 13.8 Å². The molecule has 0 unspecified atom stereocenters. The highest BCUT2D eigenvalue weighted by Gasteiger charge is 2.06. The minimum Gasteiger partial charge on any atom is -0.491 e. The first-order valence-corrected chi connectivity index (χ1v) is 5.94. The standard InChI is InChI=1S/C12H17ClN2O3/c1-8(2)17-5-6-18-9-3-4-10(11(13)7-9)12(14)15-16/h3-4,7-8,16H,5-6H2,1-2H3,(H2,14,15). The van der Waals surface area contributed by atoms with Gasteiger partial charge >= 0.3 is 0 Å². The summed E-state index contributed by atoms with van der Waals surface area (Å²) in [6.45, 7) is 4.88. The van der Waals surface area contributed by atoms with Crippen LogP contribution in [0.4, 0.5) is 0 Å². The second kappa shape index (κ2) is 7.08. The molecule has 1 aromatic rings. The van der Waals surface area contributed by atoms with Gasteiger partial charge in [0.2, 0.25) is 0 Å². The fraction of sp³-hybridized carbons (Fsp3) is 0.417. The highest BCUT2D eigenvalue weighted by Crippen LogP contribution is 2.22. The number of benzene rings is 1. The van der Waals surface area contributed by atoms with Crippen molar-refractivity contribution in [3.05, 3.63) is 28.8 Å². The normalized spacial score (nSPS) is 11.9. The van der Waals surface area contributed by atoms with Gasteiger partial charge in [-0.25, -0.2) is 0 Å². The average molecular weight is 273 g/mol. The van der Waals surface area contributed by atoms with Gasteiger partial charge in [-0.15, -0.1) is 0 Å². The van der Waals surface area contributed by atoms with Crippen molar-refractivity contribution in [1.29, 1.82) is 0 Å². The predicted molar refractivity (Wildman–Crippen MR) is 70.5 cm³/mol. The topological polar surface area (TPSA) is 77.1 Å². The Morgan fingerprint density at radius 2 is 2.17 bits per heavy atom. The Morgan fingerprint density at radius 1 is 1.44 bits per heavy atom. The SMILES string of the molecule is CC(C)OCCOc1ccc(/C(N)=N/O)c(Cl)c1. The lowest BCUT2D eigenvalue weighted by atomic mass is 10.2. The Labute approximate surface area is 111 Å². The Kier molecular flexibility index (Phi) is 5.74. The highest BCUT2D eigenvalue weighted by atomic mass is 35.5.